The van der Waals surface area contributed by atoms with E-state index in [1.807, 2.05) is 44.2 Å². The first-order valence-corrected chi connectivity index (χ1v) is 7.60. The molecule has 3 nitrogen and oxygen atoms in total. The van der Waals surface area contributed by atoms with Gasteiger partial charge in [-0.3, -0.25) is 0 Å². The van der Waals surface area contributed by atoms with E-state index in [0.29, 0.717) is 6.42 Å². The third kappa shape index (κ3) is 3.82. The molecule has 0 aliphatic rings. The van der Waals surface area contributed by atoms with Gasteiger partial charge in [0.05, 0.1) is 5.75 Å². The summed E-state index contributed by atoms with van der Waals surface area (Å²) in [5.41, 5.74) is 1.02. The van der Waals surface area contributed by atoms with Gasteiger partial charge < -0.3 is 0 Å². The van der Waals surface area contributed by atoms with E-state index in [1.165, 1.54) is 4.31 Å². The van der Waals surface area contributed by atoms with Gasteiger partial charge in [-0.2, -0.15) is 4.31 Å². The molecule has 17 heavy (non-hydrogen) atoms. The Kier molecular flexibility index (Phi) is 5.15. The summed E-state index contributed by atoms with van der Waals surface area (Å²) in [6, 6.07) is 9.59. The fourth-order valence-electron chi connectivity index (χ4n) is 1.65. The lowest BCUT2D eigenvalue weighted by molar-refractivity contribution is 0.397. The molecule has 4 heteroatoms. The molecule has 0 radical (unpaired) electrons. The Morgan fingerprint density at radius 3 is 2.35 bits per heavy atom. The minimum Gasteiger partial charge on any atom is -0.212 e. The Labute approximate surface area is 105 Å². The Morgan fingerprint density at radius 2 is 1.82 bits per heavy atom. The molecule has 0 spiro atoms. The molecule has 0 N–H and O–H groups in total. The van der Waals surface area contributed by atoms with Crippen LogP contribution < -0.4 is 0 Å². The van der Waals surface area contributed by atoms with E-state index in [9.17, 15) is 8.42 Å². The largest absolute Gasteiger partial charge is 0.214 e. The van der Waals surface area contributed by atoms with Gasteiger partial charge in [0.15, 0.2) is 0 Å². The molecule has 0 aliphatic carbocycles. The zero-order valence-corrected chi connectivity index (χ0v) is 11.6. The number of rotatable bonds is 6. The van der Waals surface area contributed by atoms with Crippen molar-refractivity contribution in [3.05, 3.63) is 35.9 Å². The van der Waals surface area contributed by atoms with Crippen molar-refractivity contribution in [1.29, 1.82) is 0 Å². The van der Waals surface area contributed by atoms with E-state index < -0.39 is 10.0 Å². The van der Waals surface area contributed by atoms with Gasteiger partial charge in [0.2, 0.25) is 10.0 Å². The van der Waals surface area contributed by atoms with Crippen molar-refractivity contribution in [2.75, 3.05) is 12.8 Å². The summed E-state index contributed by atoms with van der Waals surface area (Å²) < 4.78 is 25.5. The van der Waals surface area contributed by atoms with Crippen LogP contribution in [0.5, 0.6) is 0 Å². The lowest BCUT2D eigenvalue weighted by atomic mass is 10.1. The van der Waals surface area contributed by atoms with Crippen LogP contribution in [0.2, 0.25) is 0 Å². The monoisotopic (exact) mass is 255 g/mol. The molecule has 0 saturated carbocycles. The molecule has 0 saturated heterocycles. The number of sulfonamides is 1. The Hall–Kier alpha value is -0.870. The van der Waals surface area contributed by atoms with Gasteiger partial charge in [-0.1, -0.05) is 43.7 Å². The summed E-state index contributed by atoms with van der Waals surface area (Å²) in [6.45, 7) is 3.91. The van der Waals surface area contributed by atoms with Crippen molar-refractivity contribution >= 4 is 10.0 Å². The van der Waals surface area contributed by atoms with Gasteiger partial charge in [0.25, 0.3) is 0 Å². The number of unbranched alkanes of at least 4 members (excludes halogenated alkanes) is 1. The van der Waals surface area contributed by atoms with Crippen LogP contribution in [0.15, 0.2) is 30.3 Å². The third-order valence-electron chi connectivity index (χ3n) is 3.02. The molecular formula is C13H21NO2S. The van der Waals surface area contributed by atoms with Crippen molar-refractivity contribution < 1.29 is 8.42 Å². The van der Waals surface area contributed by atoms with Gasteiger partial charge in [-0.25, -0.2) is 8.42 Å². The molecule has 96 valence electrons. The van der Waals surface area contributed by atoms with Crippen LogP contribution >= 0.6 is 0 Å². The number of hydrogen-bond donors (Lipinski definition) is 0. The molecule has 1 atom stereocenters. The number of hydrogen-bond acceptors (Lipinski definition) is 2. The first kappa shape index (κ1) is 14.2. The number of benzene rings is 1. The normalized spacial score (nSPS) is 13.9. The average molecular weight is 255 g/mol. The summed E-state index contributed by atoms with van der Waals surface area (Å²) in [4.78, 5) is 0. The summed E-state index contributed by atoms with van der Waals surface area (Å²) in [6.07, 6.45) is 1.61. The van der Waals surface area contributed by atoms with Gasteiger partial charge in [-0.15, -0.1) is 0 Å². The maximum absolute atomic E-state index is 12.0. The lowest BCUT2D eigenvalue weighted by Crippen LogP contribution is -2.31. The molecule has 1 aromatic rings. The van der Waals surface area contributed by atoms with E-state index >= 15 is 0 Å². The van der Waals surface area contributed by atoms with Crippen molar-refractivity contribution in [2.45, 2.75) is 32.7 Å². The van der Waals surface area contributed by atoms with Crippen LogP contribution in [0.4, 0.5) is 0 Å². The topological polar surface area (TPSA) is 37.4 Å². The highest BCUT2D eigenvalue weighted by Gasteiger charge is 2.23. The second-order valence-electron chi connectivity index (χ2n) is 4.27. The molecule has 0 heterocycles. The maximum Gasteiger partial charge on any atom is 0.214 e. The van der Waals surface area contributed by atoms with Crippen molar-refractivity contribution in [1.82, 2.24) is 4.31 Å². The summed E-state index contributed by atoms with van der Waals surface area (Å²) in [7, 11) is -1.48. The van der Waals surface area contributed by atoms with E-state index in [4.69, 9.17) is 0 Å². The fourth-order valence-corrected chi connectivity index (χ4v) is 3.20. The third-order valence-corrected chi connectivity index (χ3v) is 5.02. The highest BCUT2D eigenvalue weighted by Crippen LogP contribution is 2.21. The molecule has 0 bridgehead atoms. The fraction of sp³-hybridized carbons (Fsp3) is 0.538. The van der Waals surface area contributed by atoms with E-state index in [2.05, 4.69) is 0 Å². The second kappa shape index (κ2) is 6.17. The first-order valence-electron chi connectivity index (χ1n) is 5.99. The predicted molar refractivity (Wildman–Crippen MR) is 71.3 cm³/mol. The predicted octanol–water partition coefficient (Wildman–Crippen LogP) is 2.81. The van der Waals surface area contributed by atoms with Crippen molar-refractivity contribution in [3.63, 3.8) is 0 Å². The van der Waals surface area contributed by atoms with Crippen LogP contribution in [-0.2, 0) is 10.0 Å². The van der Waals surface area contributed by atoms with Crippen LogP contribution in [-0.4, -0.2) is 25.5 Å². The highest BCUT2D eigenvalue weighted by molar-refractivity contribution is 7.89. The molecular weight excluding hydrogens is 234 g/mol. The Bertz CT molecular complexity index is 428. The van der Waals surface area contributed by atoms with Crippen LogP contribution in [0.1, 0.15) is 38.3 Å². The lowest BCUT2D eigenvalue weighted by Gasteiger charge is -2.24. The molecule has 1 aromatic carbocycles. The standard InChI is InChI=1S/C13H21NO2S/c1-4-5-11-17(15,16)14(3)12(2)13-9-7-6-8-10-13/h6-10,12H,4-5,11H2,1-3H3. The molecule has 0 amide bonds. The van der Waals surface area contributed by atoms with Crippen molar-refractivity contribution in [3.8, 4) is 0 Å². The average Bonchev–Trinajstić information content (AvgIpc) is 2.35. The highest BCUT2D eigenvalue weighted by atomic mass is 32.2. The smallest absolute Gasteiger partial charge is 0.212 e. The van der Waals surface area contributed by atoms with Crippen LogP contribution in [0.3, 0.4) is 0 Å². The summed E-state index contributed by atoms with van der Waals surface area (Å²) >= 11 is 0. The Morgan fingerprint density at radius 1 is 1.24 bits per heavy atom. The first-order chi connectivity index (χ1) is 7.99. The zero-order valence-electron chi connectivity index (χ0n) is 10.8. The van der Waals surface area contributed by atoms with Gasteiger partial charge in [0.1, 0.15) is 0 Å². The minimum absolute atomic E-state index is 0.113. The van der Waals surface area contributed by atoms with E-state index in [1.54, 1.807) is 7.05 Å². The number of nitrogens with zero attached hydrogens (tertiary/aromatic N) is 1. The molecule has 0 aromatic heterocycles. The van der Waals surface area contributed by atoms with Crippen molar-refractivity contribution in [2.24, 2.45) is 0 Å². The second-order valence-corrected chi connectivity index (χ2v) is 6.42. The van der Waals surface area contributed by atoms with E-state index in [0.717, 1.165) is 12.0 Å². The van der Waals surface area contributed by atoms with Gasteiger partial charge in [-0.05, 0) is 18.9 Å². The molecule has 0 fully saturated rings. The zero-order chi connectivity index (χ0) is 12.9. The molecule has 0 aliphatic heterocycles. The van der Waals surface area contributed by atoms with Gasteiger partial charge >= 0.3 is 0 Å². The minimum atomic E-state index is -3.14. The summed E-state index contributed by atoms with van der Waals surface area (Å²) in [5.74, 6) is 0.233. The van der Waals surface area contributed by atoms with E-state index in [-0.39, 0.29) is 11.8 Å². The van der Waals surface area contributed by atoms with Gasteiger partial charge in [0, 0.05) is 13.1 Å². The summed E-state index contributed by atoms with van der Waals surface area (Å²) in [5, 5.41) is 0. The SMILES string of the molecule is CCCCS(=O)(=O)N(C)C(C)c1ccccc1. The Balaban J connectivity index is 2.79. The quantitative estimate of drug-likeness (QED) is 0.784. The van der Waals surface area contributed by atoms with Crippen LogP contribution in [0, 0.1) is 0 Å². The maximum atomic E-state index is 12.0. The molecule has 1 unspecified atom stereocenters. The molecule has 1 rings (SSSR count). The van der Waals surface area contributed by atoms with Crippen LogP contribution in [0.25, 0.3) is 0 Å².